The van der Waals surface area contributed by atoms with Crippen molar-refractivity contribution in [2.45, 2.75) is 6.18 Å². The number of alkyl halides is 3. The first kappa shape index (κ1) is 17.3. The van der Waals surface area contributed by atoms with Crippen molar-refractivity contribution in [1.82, 2.24) is 20.3 Å². The summed E-state index contributed by atoms with van der Waals surface area (Å²) >= 11 is 5.98. The fraction of sp³-hybridized carbons (Fsp3) is 0.0556. The Balaban J connectivity index is 1.64. The maximum atomic E-state index is 12.9. The molecule has 1 N–H and O–H groups in total. The zero-order valence-electron chi connectivity index (χ0n) is 13.5. The number of hydrogen-bond acceptors (Lipinski definition) is 4. The summed E-state index contributed by atoms with van der Waals surface area (Å²) in [6.45, 7) is 0. The second-order valence-electron chi connectivity index (χ2n) is 5.68. The highest BCUT2D eigenvalue weighted by Crippen LogP contribution is 2.32. The molecule has 2 heterocycles. The predicted molar refractivity (Wildman–Crippen MR) is 92.8 cm³/mol. The molecular weight excluding hydrogens is 381 g/mol. The van der Waals surface area contributed by atoms with Crippen LogP contribution >= 0.6 is 11.6 Å². The summed E-state index contributed by atoms with van der Waals surface area (Å²) in [6.07, 6.45) is -4.45. The molecule has 27 heavy (non-hydrogen) atoms. The highest BCUT2D eigenvalue weighted by atomic mass is 35.5. The summed E-state index contributed by atoms with van der Waals surface area (Å²) in [4.78, 5) is 4.16. The average molecular weight is 391 g/mol. The monoisotopic (exact) mass is 390 g/mol. The van der Waals surface area contributed by atoms with Gasteiger partial charge < -0.3 is 4.52 Å². The van der Waals surface area contributed by atoms with Gasteiger partial charge in [-0.1, -0.05) is 41.0 Å². The molecule has 0 amide bonds. The smallest absolute Gasteiger partial charge is 0.332 e. The molecule has 136 valence electrons. The molecule has 0 spiro atoms. The van der Waals surface area contributed by atoms with Crippen LogP contribution in [0.25, 0.3) is 34.2 Å². The van der Waals surface area contributed by atoms with E-state index in [-0.39, 0.29) is 17.3 Å². The first-order chi connectivity index (χ1) is 12.9. The van der Waals surface area contributed by atoms with E-state index in [1.54, 1.807) is 24.3 Å². The van der Waals surface area contributed by atoms with Gasteiger partial charge in [0.1, 0.15) is 5.69 Å². The Kier molecular flexibility index (Phi) is 4.19. The first-order valence-electron chi connectivity index (χ1n) is 7.73. The molecule has 0 saturated carbocycles. The van der Waals surface area contributed by atoms with Crippen LogP contribution < -0.4 is 0 Å². The number of hydrogen-bond donors (Lipinski definition) is 1. The Labute approximate surface area is 155 Å². The van der Waals surface area contributed by atoms with Gasteiger partial charge in [0.25, 0.3) is 5.89 Å². The third-order valence-electron chi connectivity index (χ3n) is 3.80. The molecule has 0 atom stereocenters. The summed E-state index contributed by atoms with van der Waals surface area (Å²) < 4.78 is 43.7. The van der Waals surface area contributed by atoms with E-state index in [1.807, 2.05) is 6.07 Å². The lowest BCUT2D eigenvalue weighted by Gasteiger charge is -2.06. The van der Waals surface area contributed by atoms with E-state index in [1.165, 1.54) is 12.1 Å². The zero-order valence-corrected chi connectivity index (χ0v) is 14.2. The van der Waals surface area contributed by atoms with Crippen LogP contribution in [0.3, 0.4) is 0 Å². The van der Waals surface area contributed by atoms with Crippen molar-refractivity contribution >= 4 is 11.6 Å². The van der Waals surface area contributed by atoms with Crippen LogP contribution in [0.1, 0.15) is 5.56 Å². The van der Waals surface area contributed by atoms with E-state index >= 15 is 0 Å². The van der Waals surface area contributed by atoms with Crippen molar-refractivity contribution in [3.63, 3.8) is 0 Å². The number of H-pyrrole nitrogens is 1. The number of aromatic amines is 1. The van der Waals surface area contributed by atoms with Crippen molar-refractivity contribution < 1.29 is 17.7 Å². The van der Waals surface area contributed by atoms with Crippen LogP contribution in [0.15, 0.2) is 59.1 Å². The Bertz CT molecular complexity index is 1100. The molecule has 9 heteroatoms. The average Bonchev–Trinajstić information content (AvgIpc) is 3.31. The highest BCUT2D eigenvalue weighted by molar-refractivity contribution is 6.30. The van der Waals surface area contributed by atoms with Crippen molar-refractivity contribution in [2.75, 3.05) is 0 Å². The van der Waals surface area contributed by atoms with Crippen LogP contribution in [0, 0.1) is 0 Å². The van der Waals surface area contributed by atoms with Crippen molar-refractivity contribution in [3.8, 4) is 34.2 Å². The molecule has 4 aromatic rings. The van der Waals surface area contributed by atoms with Crippen molar-refractivity contribution in [1.29, 1.82) is 0 Å². The van der Waals surface area contributed by atoms with Crippen LogP contribution in [0.2, 0.25) is 5.02 Å². The third-order valence-corrected chi connectivity index (χ3v) is 4.04. The van der Waals surface area contributed by atoms with E-state index in [2.05, 4.69) is 20.3 Å². The minimum atomic E-state index is -4.45. The lowest BCUT2D eigenvalue weighted by atomic mass is 10.1. The SMILES string of the molecule is FC(F)(F)c1cccc(-c2noc(-c3cc(-c4cccc(Cl)c4)n[nH]3)n2)c1. The molecule has 0 saturated heterocycles. The fourth-order valence-electron chi connectivity index (χ4n) is 2.51. The Morgan fingerprint density at radius 3 is 2.52 bits per heavy atom. The van der Waals surface area contributed by atoms with Gasteiger partial charge in [-0.3, -0.25) is 5.10 Å². The lowest BCUT2D eigenvalue weighted by Crippen LogP contribution is -2.04. The molecule has 4 rings (SSSR count). The molecule has 0 fully saturated rings. The zero-order chi connectivity index (χ0) is 19.0. The first-order valence-corrected chi connectivity index (χ1v) is 8.11. The molecule has 2 aromatic heterocycles. The van der Waals surface area contributed by atoms with Gasteiger partial charge in [0.15, 0.2) is 0 Å². The van der Waals surface area contributed by atoms with Crippen molar-refractivity contribution in [3.05, 3.63) is 65.2 Å². The van der Waals surface area contributed by atoms with Crippen LogP contribution in [0.5, 0.6) is 0 Å². The van der Waals surface area contributed by atoms with Gasteiger partial charge in [-0.15, -0.1) is 0 Å². The molecule has 0 aliphatic rings. The van der Waals surface area contributed by atoms with Crippen LogP contribution in [0.4, 0.5) is 13.2 Å². The van der Waals surface area contributed by atoms with E-state index in [4.69, 9.17) is 16.1 Å². The normalized spacial score (nSPS) is 11.7. The van der Waals surface area contributed by atoms with Gasteiger partial charge >= 0.3 is 6.18 Å². The number of nitrogens with zero attached hydrogens (tertiary/aromatic N) is 3. The highest BCUT2D eigenvalue weighted by Gasteiger charge is 2.30. The van der Waals surface area contributed by atoms with Gasteiger partial charge in [-0.05, 0) is 30.3 Å². The standard InChI is InChI=1S/C18H10ClF3N4O/c19-13-6-2-3-10(8-13)14-9-15(25-24-14)17-23-16(26-27-17)11-4-1-5-12(7-11)18(20,21)22/h1-9H,(H,24,25). The number of aromatic nitrogens is 4. The maximum Gasteiger partial charge on any atom is 0.416 e. The van der Waals surface area contributed by atoms with E-state index in [9.17, 15) is 13.2 Å². The summed E-state index contributed by atoms with van der Waals surface area (Å²) in [5.74, 6) is 0.165. The molecule has 5 nitrogen and oxygen atoms in total. The topological polar surface area (TPSA) is 67.6 Å². The van der Waals surface area contributed by atoms with E-state index in [0.717, 1.165) is 17.7 Å². The molecule has 0 aliphatic heterocycles. The predicted octanol–water partition coefficient (Wildman–Crippen LogP) is 5.47. The lowest BCUT2D eigenvalue weighted by molar-refractivity contribution is -0.137. The quantitative estimate of drug-likeness (QED) is 0.504. The summed E-state index contributed by atoms with van der Waals surface area (Å²) in [7, 11) is 0. The van der Waals surface area contributed by atoms with Gasteiger partial charge in [0, 0.05) is 16.1 Å². The summed E-state index contributed by atoms with van der Waals surface area (Å²) in [6, 6.07) is 13.6. The van der Waals surface area contributed by atoms with Gasteiger partial charge in [-0.2, -0.15) is 23.3 Å². The van der Waals surface area contributed by atoms with Crippen LogP contribution in [-0.2, 0) is 6.18 Å². The number of benzene rings is 2. The largest absolute Gasteiger partial charge is 0.416 e. The van der Waals surface area contributed by atoms with Gasteiger partial charge in [0.2, 0.25) is 5.82 Å². The van der Waals surface area contributed by atoms with E-state index in [0.29, 0.717) is 16.4 Å². The molecule has 0 aliphatic carbocycles. The molecule has 2 aromatic carbocycles. The second kappa shape index (κ2) is 6.55. The third kappa shape index (κ3) is 3.56. The van der Waals surface area contributed by atoms with Crippen LogP contribution in [-0.4, -0.2) is 20.3 Å². The molecule has 0 bridgehead atoms. The number of rotatable bonds is 3. The van der Waals surface area contributed by atoms with E-state index < -0.39 is 11.7 Å². The second-order valence-corrected chi connectivity index (χ2v) is 6.12. The summed E-state index contributed by atoms with van der Waals surface area (Å²) in [5.41, 5.74) is 1.27. The Hall–Kier alpha value is -3.13. The Morgan fingerprint density at radius 1 is 0.963 bits per heavy atom. The molecular formula is C18H10ClF3N4O. The van der Waals surface area contributed by atoms with Gasteiger partial charge in [0.05, 0.1) is 11.3 Å². The molecule has 0 unspecified atom stereocenters. The molecule has 0 radical (unpaired) electrons. The number of halogens is 4. The Morgan fingerprint density at radius 2 is 1.74 bits per heavy atom. The van der Waals surface area contributed by atoms with Crippen molar-refractivity contribution in [2.24, 2.45) is 0 Å². The number of nitrogens with one attached hydrogen (secondary N) is 1. The fourth-order valence-corrected chi connectivity index (χ4v) is 2.70. The summed E-state index contributed by atoms with van der Waals surface area (Å²) in [5, 5.41) is 11.3. The van der Waals surface area contributed by atoms with Gasteiger partial charge in [-0.25, -0.2) is 0 Å². The maximum absolute atomic E-state index is 12.9. The minimum absolute atomic E-state index is 0.0509. The minimum Gasteiger partial charge on any atom is -0.332 e.